The highest BCUT2D eigenvalue weighted by Crippen LogP contribution is 2.37. The van der Waals surface area contributed by atoms with Crippen molar-refractivity contribution in [3.63, 3.8) is 0 Å². The fourth-order valence-corrected chi connectivity index (χ4v) is 5.61. The van der Waals surface area contributed by atoms with Crippen molar-refractivity contribution in [2.75, 3.05) is 18.0 Å². The summed E-state index contributed by atoms with van der Waals surface area (Å²) in [7, 11) is -3.72. The minimum Gasteiger partial charge on any atom is -0.359 e. The van der Waals surface area contributed by atoms with Crippen LogP contribution in [0.1, 0.15) is 36.2 Å². The van der Waals surface area contributed by atoms with Gasteiger partial charge in [0.1, 0.15) is 0 Å². The Kier molecular flexibility index (Phi) is 4.73. The summed E-state index contributed by atoms with van der Waals surface area (Å²) in [5.74, 6) is 0.126. The van der Waals surface area contributed by atoms with Gasteiger partial charge < -0.3 is 9.80 Å². The van der Waals surface area contributed by atoms with Crippen LogP contribution in [0.5, 0.6) is 0 Å². The van der Waals surface area contributed by atoms with E-state index in [1.54, 1.807) is 23.5 Å². The van der Waals surface area contributed by atoms with Crippen LogP contribution in [0.4, 0.5) is 5.69 Å². The highest BCUT2D eigenvalue weighted by Gasteiger charge is 2.34. The maximum Gasteiger partial charge on any atom is 0.242 e. The van der Waals surface area contributed by atoms with Crippen LogP contribution >= 0.6 is 11.3 Å². The first-order valence-electron chi connectivity index (χ1n) is 9.10. The average Bonchev–Trinajstić information content (AvgIpc) is 3.33. The first-order chi connectivity index (χ1) is 12.8. The predicted molar refractivity (Wildman–Crippen MR) is 106 cm³/mol. The lowest BCUT2D eigenvalue weighted by Crippen LogP contribution is -2.42. The SMILES string of the molecule is C[C@@H]1Cc2cc(S(N)(=O)=O)ccc2N1CC(=O)N1CCC[C@H]1c1cccs1. The zero-order valence-corrected chi connectivity index (χ0v) is 16.8. The molecule has 1 fully saturated rings. The number of nitrogens with zero attached hydrogens (tertiary/aromatic N) is 2. The number of likely N-dealkylation sites (tertiary alicyclic amines) is 1. The summed E-state index contributed by atoms with van der Waals surface area (Å²) >= 11 is 1.70. The molecule has 1 aromatic heterocycles. The third-order valence-electron chi connectivity index (χ3n) is 5.49. The summed E-state index contributed by atoms with van der Waals surface area (Å²) < 4.78 is 23.2. The molecule has 2 atom stereocenters. The molecule has 0 aliphatic carbocycles. The van der Waals surface area contributed by atoms with Crippen LogP contribution in [0.25, 0.3) is 0 Å². The number of nitrogens with two attached hydrogens (primary N) is 1. The van der Waals surface area contributed by atoms with Crippen LogP contribution in [-0.4, -0.2) is 38.4 Å². The Balaban J connectivity index is 1.54. The number of hydrogen-bond acceptors (Lipinski definition) is 5. The van der Waals surface area contributed by atoms with Crippen molar-refractivity contribution in [3.05, 3.63) is 46.2 Å². The number of fused-ring (bicyclic) bond motifs is 1. The van der Waals surface area contributed by atoms with Crippen molar-refractivity contribution in [3.8, 4) is 0 Å². The van der Waals surface area contributed by atoms with Crippen molar-refractivity contribution in [1.29, 1.82) is 0 Å². The number of sulfonamides is 1. The van der Waals surface area contributed by atoms with Gasteiger partial charge in [-0.05, 0) is 61.4 Å². The number of carbonyl (C=O) groups excluding carboxylic acids is 1. The normalized spacial score (nSPS) is 22.3. The molecule has 3 heterocycles. The van der Waals surface area contributed by atoms with E-state index in [9.17, 15) is 13.2 Å². The van der Waals surface area contributed by atoms with E-state index in [-0.39, 0.29) is 22.9 Å². The van der Waals surface area contributed by atoms with Gasteiger partial charge in [0.25, 0.3) is 0 Å². The molecule has 27 heavy (non-hydrogen) atoms. The van der Waals surface area contributed by atoms with Gasteiger partial charge in [0.05, 0.1) is 17.5 Å². The number of rotatable bonds is 4. The van der Waals surface area contributed by atoms with Crippen molar-refractivity contribution >= 4 is 33.0 Å². The molecule has 2 aliphatic heterocycles. The van der Waals surface area contributed by atoms with E-state index in [2.05, 4.69) is 23.3 Å². The first-order valence-corrected chi connectivity index (χ1v) is 11.5. The van der Waals surface area contributed by atoms with Crippen LogP contribution in [0.15, 0.2) is 40.6 Å². The van der Waals surface area contributed by atoms with Gasteiger partial charge in [0, 0.05) is 23.2 Å². The fraction of sp³-hybridized carbons (Fsp3) is 0.421. The maximum atomic E-state index is 13.1. The molecule has 1 amide bonds. The Morgan fingerprint density at radius 2 is 2.15 bits per heavy atom. The van der Waals surface area contributed by atoms with E-state index in [4.69, 9.17) is 5.14 Å². The zero-order chi connectivity index (χ0) is 19.2. The molecular weight excluding hydrogens is 382 g/mol. The Bertz CT molecular complexity index is 957. The summed E-state index contributed by atoms with van der Waals surface area (Å²) in [5, 5.41) is 7.30. The number of thiophene rings is 1. The summed E-state index contributed by atoms with van der Waals surface area (Å²) in [6, 6.07) is 9.38. The maximum absolute atomic E-state index is 13.1. The quantitative estimate of drug-likeness (QED) is 0.847. The molecule has 4 rings (SSSR count). The van der Waals surface area contributed by atoms with Crippen LogP contribution in [0.3, 0.4) is 0 Å². The molecule has 8 heteroatoms. The van der Waals surface area contributed by atoms with Gasteiger partial charge >= 0.3 is 0 Å². The van der Waals surface area contributed by atoms with Crippen molar-refractivity contribution < 1.29 is 13.2 Å². The van der Waals surface area contributed by atoms with E-state index >= 15 is 0 Å². The number of carbonyl (C=O) groups is 1. The molecule has 144 valence electrons. The average molecular weight is 406 g/mol. The van der Waals surface area contributed by atoms with Crippen molar-refractivity contribution in [2.24, 2.45) is 5.14 Å². The van der Waals surface area contributed by atoms with E-state index in [0.717, 1.165) is 30.6 Å². The minimum atomic E-state index is -3.72. The highest BCUT2D eigenvalue weighted by molar-refractivity contribution is 7.89. The van der Waals surface area contributed by atoms with E-state index in [1.807, 2.05) is 11.0 Å². The monoisotopic (exact) mass is 405 g/mol. The number of hydrogen-bond donors (Lipinski definition) is 1. The summed E-state index contributed by atoms with van der Waals surface area (Å²) in [4.78, 5) is 18.5. The molecule has 1 aromatic carbocycles. The zero-order valence-electron chi connectivity index (χ0n) is 15.2. The lowest BCUT2D eigenvalue weighted by Gasteiger charge is -2.30. The van der Waals surface area contributed by atoms with Crippen LogP contribution in [0, 0.1) is 0 Å². The Hall–Kier alpha value is -1.90. The molecule has 0 bridgehead atoms. The molecule has 2 aliphatic rings. The number of primary sulfonamides is 1. The Morgan fingerprint density at radius 1 is 1.33 bits per heavy atom. The predicted octanol–water partition coefficient (Wildman–Crippen LogP) is 2.51. The van der Waals surface area contributed by atoms with E-state index in [0.29, 0.717) is 13.0 Å². The lowest BCUT2D eigenvalue weighted by atomic mass is 10.1. The first kappa shape index (κ1) is 18.5. The fourth-order valence-electron chi connectivity index (χ4n) is 4.17. The molecule has 6 nitrogen and oxygen atoms in total. The summed E-state index contributed by atoms with van der Waals surface area (Å²) in [6.07, 6.45) is 2.74. The topological polar surface area (TPSA) is 83.7 Å². The Labute approximate surface area is 163 Å². The van der Waals surface area contributed by atoms with Gasteiger partial charge in [0.15, 0.2) is 0 Å². The van der Waals surface area contributed by atoms with Crippen LogP contribution in [0.2, 0.25) is 0 Å². The van der Waals surface area contributed by atoms with Gasteiger partial charge in [-0.3, -0.25) is 4.79 Å². The third kappa shape index (κ3) is 3.49. The molecular formula is C19H23N3O3S2. The van der Waals surface area contributed by atoms with Crippen molar-refractivity contribution in [1.82, 2.24) is 4.90 Å². The summed E-state index contributed by atoms with van der Waals surface area (Å²) in [5.41, 5.74) is 1.85. The van der Waals surface area contributed by atoms with Crippen LogP contribution < -0.4 is 10.0 Å². The third-order valence-corrected chi connectivity index (χ3v) is 7.37. The van der Waals surface area contributed by atoms with Gasteiger partial charge in [-0.2, -0.15) is 0 Å². The standard InChI is InChI=1S/C19H23N3O3S2/c1-13-10-14-11-15(27(20,24)25)6-7-16(14)22(13)12-19(23)21-8-2-4-17(21)18-5-3-9-26-18/h3,5-7,9,11,13,17H,2,4,8,10,12H2,1H3,(H2,20,24,25)/t13-,17+/m1/s1. The number of benzene rings is 1. The highest BCUT2D eigenvalue weighted by atomic mass is 32.2. The minimum absolute atomic E-state index is 0.124. The number of anilines is 1. The van der Waals surface area contributed by atoms with Crippen LogP contribution in [-0.2, 0) is 21.2 Å². The largest absolute Gasteiger partial charge is 0.359 e. The van der Waals surface area contributed by atoms with Gasteiger partial charge in [-0.1, -0.05) is 6.07 Å². The smallest absolute Gasteiger partial charge is 0.242 e. The van der Waals surface area contributed by atoms with Gasteiger partial charge in [-0.15, -0.1) is 11.3 Å². The molecule has 0 spiro atoms. The second-order valence-electron chi connectivity index (χ2n) is 7.28. The second kappa shape index (κ2) is 6.92. The molecule has 0 saturated carbocycles. The molecule has 0 unspecified atom stereocenters. The molecule has 2 aromatic rings. The van der Waals surface area contributed by atoms with E-state index in [1.165, 1.54) is 10.9 Å². The number of amides is 1. The molecule has 1 saturated heterocycles. The molecule has 0 radical (unpaired) electrons. The second-order valence-corrected chi connectivity index (χ2v) is 9.82. The van der Waals surface area contributed by atoms with E-state index < -0.39 is 10.0 Å². The summed E-state index contributed by atoms with van der Waals surface area (Å²) in [6.45, 7) is 3.16. The van der Waals surface area contributed by atoms with Gasteiger partial charge in [0.2, 0.25) is 15.9 Å². The Morgan fingerprint density at radius 3 is 2.85 bits per heavy atom. The lowest BCUT2D eigenvalue weighted by molar-refractivity contribution is -0.130. The van der Waals surface area contributed by atoms with Crippen molar-refractivity contribution in [2.45, 2.75) is 43.2 Å². The molecule has 2 N–H and O–H groups in total. The van der Waals surface area contributed by atoms with Gasteiger partial charge in [-0.25, -0.2) is 13.6 Å².